The van der Waals surface area contributed by atoms with Crippen LogP contribution in [0.3, 0.4) is 0 Å². The van der Waals surface area contributed by atoms with Gasteiger partial charge in [0.25, 0.3) is 0 Å². The maximum atomic E-state index is 11.9. The number of anilines is 1. The SMILES string of the molecule is O=C(O)/C=C/c1cn([C@H]2C[C@H](O)[C@@H](CO)O2)c(=O)nc1NO. The number of aromatic nitrogens is 2. The first kappa shape index (κ1) is 16.1. The first-order valence-corrected chi connectivity index (χ1v) is 6.35. The van der Waals surface area contributed by atoms with Gasteiger partial charge in [-0.15, -0.1) is 0 Å². The molecule has 22 heavy (non-hydrogen) atoms. The normalized spacial score (nSPS) is 24.8. The maximum Gasteiger partial charge on any atom is 0.351 e. The van der Waals surface area contributed by atoms with Gasteiger partial charge in [0.05, 0.1) is 12.7 Å². The smallest absolute Gasteiger partial charge is 0.351 e. The van der Waals surface area contributed by atoms with Crippen LogP contribution in [-0.4, -0.2) is 54.9 Å². The Labute approximate surface area is 123 Å². The first-order chi connectivity index (χ1) is 10.5. The second-order valence-electron chi connectivity index (χ2n) is 4.63. The zero-order valence-corrected chi connectivity index (χ0v) is 11.3. The van der Waals surface area contributed by atoms with Gasteiger partial charge in [0.2, 0.25) is 0 Å². The van der Waals surface area contributed by atoms with Crippen LogP contribution in [0.15, 0.2) is 17.1 Å². The number of nitrogens with zero attached hydrogens (tertiary/aromatic N) is 2. The van der Waals surface area contributed by atoms with Crippen molar-refractivity contribution in [2.45, 2.75) is 24.9 Å². The molecular weight excluding hydrogens is 298 g/mol. The highest BCUT2D eigenvalue weighted by Gasteiger charge is 2.35. The molecule has 2 rings (SSSR count). The highest BCUT2D eigenvalue weighted by molar-refractivity contribution is 5.86. The van der Waals surface area contributed by atoms with E-state index in [1.807, 2.05) is 0 Å². The number of aliphatic carboxylic acids is 1. The number of carboxylic acid groups (broad SMARTS) is 1. The van der Waals surface area contributed by atoms with Gasteiger partial charge >= 0.3 is 11.7 Å². The molecule has 0 bridgehead atoms. The van der Waals surface area contributed by atoms with E-state index in [0.717, 1.165) is 16.7 Å². The lowest BCUT2D eigenvalue weighted by Gasteiger charge is -2.15. The van der Waals surface area contributed by atoms with E-state index in [4.69, 9.17) is 20.2 Å². The molecule has 0 spiro atoms. The van der Waals surface area contributed by atoms with E-state index in [1.54, 1.807) is 5.48 Å². The molecule has 1 fully saturated rings. The third-order valence-corrected chi connectivity index (χ3v) is 3.19. The predicted octanol–water partition coefficient (Wildman–Crippen LogP) is -1.22. The van der Waals surface area contributed by atoms with Gasteiger partial charge in [0.15, 0.2) is 5.82 Å². The highest BCUT2D eigenvalue weighted by Crippen LogP contribution is 2.28. The molecule has 1 saturated heterocycles. The van der Waals surface area contributed by atoms with Crippen molar-refractivity contribution in [3.63, 3.8) is 0 Å². The van der Waals surface area contributed by atoms with Gasteiger partial charge in [-0.05, 0) is 6.08 Å². The van der Waals surface area contributed by atoms with E-state index < -0.39 is 36.7 Å². The van der Waals surface area contributed by atoms with Gasteiger partial charge in [-0.25, -0.2) is 9.59 Å². The van der Waals surface area contributed by atoms with E-state index in [1.165, 1.54) is 6.20 Å². The molecule has 10 heteroatoms. The molecule has 3 atom stereocenters. The van der Waals surface area contributed by atoms with Crippen molar-refractivity contribution < 1.29 is 30.1 Å². The van der Waals surface area contributed by atoms with Crippen molar-refractivity contribution in [1.82, 2.24) is 9.55 Å². The molecule has 1 aliphatic rings. The Hall–Kier alpha value is -2.27. The molecule has 0 aliphatic carbocycles. The molecule has 5 N–H and O–H groups in total. The number of rotatable bonds is 5. The molecule has 10 nitrogen and oxygen atoms in total. The minimum Gasteiger partial charge on any atom is -0.478 e. The van der Waals surface area contributed by atoms with Crippen LogP contribution in [0.25, 0.3) is 6.08 Å². The Bertz CT molecular complexity index is 642. The van der Waals surface area contributed by atoms with E-state index in [-0.39, 0.29) is 17.8 Å². The number of ether oxygens (including phenoxy) is 1. The van der Waals surface area contributed by atoms with Crippen LogP contribution in [0.1, 0.15) is 18.2 Å². The fraction of sp³-hybridized carbons (Fsp3) is 0.417. The van der Waals surface area contributed by atoms with Gasteiger partial charge in [0.1, 0.15) is 12.3 Å². The second kappa shape index (κ2) is 6.66. The number of carboxylic acids is 1. The lowest BCUT2D eigenvalue weighted by atomic mass is 10.2. The molecule has 0 aromatic carbocycles. The molecule has 2 heterocycles. The number of hydrogen-bond donors (Lipinski definition) is 5. The summed E-state index contributed by atoms with van der Waals surface area (Å²) >= 11 is 0. The molecule has 1 aromatic heterocycles. The number of aliphatic hydroxyl groups is 2. The average Bonchev–Trinajstić information content (AvgIpc) is 2.86. The summed E-state index contributed by atoms with van der Waals surface area (Å²) in [7, 11) is 0. The Morgan fingerprint density at radius 1 is 1.59 bits per heavy atom. The number of hydrogen-bond acceptors (Lipinski definition) is 8. The van der Waals surface area contributed by atoms with Gasteiger partial charge in [-0.3, -0.25) is 15.3 Å². The van der Waals surface area contributed by atoms with Crippen LogP contribution in [0.2, 0.25) is 0 Å². The largest absolute Gasteiger partial charge is 0.478 e. The first-order valence-electron chi connectivity index (χ1n) is 6.35. The second-order valence-corrected chi connectivity index (χ2v) is 4.63. The summed E-state index contributed by atoms with van der Waals surface area (Å²) in [6.45, 7) is -0.401. The Kier molecular flexibility index (Phi) is 4.88. The highest BCUT2D eigenvalue weighted by atomic mass is 16.5. The summed E-state index contributed by atoms with van der Waals surface area (Å²) in [6, 6.07) is 0. The number of aliphatic hydroxyl groups excluding tert-OH is 2. The molecule has 0 amide bonds. The molecular formula is C12H15N3O7. The minimum absolute atomic E-state index is 0.0702. The van der Waals surface area contributed by atoms with Crippen LogP contribution in [-0.2, 0) is 9.53 Å². The lowest BCUT2D eigenvalue weighted by Crippen LogP contribution is -2.28. The monoisotopic (exact) mass is 313 g/mol. The van der Waals surface area contributed by atoms with Crippen LogP contribution < -0.4 is 11.2 Å². The Morgan fingerprint density at radius 2 is 2.32 bits per heavy atom. The summed E-state index contributed by atoms with van der Waals surface area (Å²) in [6.07, 6.45) is 0.662. The van der Waals surface area contributed by atoms with Crippen LogP contribution >= 0.6 is 0 Å². The molecule has 0 unspecified atom stereocenters. The Morgan fingerprint density at radius 3 is 2.86 bits per heavy atom. The summed E-state index contributed by atoms with van der Waals surface area (Å²) in [5.74, 6) is -1.43. The van der Waals surface area contributed by atoms with Crippen molar-refractivity contribution in [2.75, 3.05) is 12.1 Å². The summed E-state index contributed by atoms with van der Waals surface area (Å²) < 4.78 is 6.40. The van der Waals surface area contributed by atoms with E-state index >= 15 is 0 Å². The molecule has 0 radical (unpaired) electrons. The van der Waals surface area contributed by atoms with E-state index in [9.17, 15) is 14.7 Å². The summed E-state index contributed by atoms with van der Waals surface area (Å²) in [5.41, 5.74) is 1.08. The van der Waals surface area contributed by atoms with Gasteiger partial charge < -0.3 is 20.1 Å². The van der Waals surface area contributed by atoms with Crippen molar-refractivity contribution >= 4 is 17.9 Å². The molecule has 0 saturated carbocycles. The Balaban J connectivity index is 2.38. The van der Waals surface area contributed by atoms with Gasteiger partial charge in [-0.2, -0.15) is 4.98 Å². The fourth-order valence-electron chi connectivity index (χ4n) is 2.11. The third kappa shape index (κ3) is 3.31. The van der Waals surface area contributed by atoms with Crippen LogP contribution in [0.4, 0.5) is 5.82 Å². The lowest BCUT2D eigenvalue weighted by molar-refractivity contribution is -0.131. The average molecular weight is 313 g/mol. The molecule has 1 aliphatic heterocycles. The van der Waals surface area contributed by atoms with Crippen molar-refractivity contribution in [3.8, 4) is 0 Å². The van der Waals surface area contributed by atoms with Gasteiger partial charge in [-0.1, -0.05) is 0 Å². The van der Waals surface area contributed by atoms with Gasteiger partial charge in [0, 0.05) is 24.3 Å². The predicted molar refractivity (Wildman–Crippen MR) is 72.2 cm³/mol. The van der Waals surface area contributed by atoms with Crippen LogP contribution in [0.5, 0.6) is 0 Å². The summed E-state index contributed by atoms with van der Waals surface area (Å²) in [5, 5.41) is 36.3. The third-order valence-electron chi connectivity index (χ3n) is 3.19. The van der Waals surface area contributed by atoms with Crippen molar-refractivity contribution in [3.05, 3.63) is 28.3 Å². The van der Waals surface area contributed by atoms with Crippen LogP contribution in [0, 0.1) is 0 Å². The van der Waals surface area contributed by atoms with E-state index in [0.29, 0.717) is 0 Å². The standard InChI is InChI=1S/C12H15N3O7/c16-5-8-7(17)3-9(22-8)15-4-6(1-2-10(18)19)11(14-21)13-12(15)20/h1-2,4,7-9,16-17,21H,3,5H2,(H,18,19)(H,13,14,20)/b2-1+/t7-,8+,9+/m0/s1. The van der Waals surface area contributed by atoms with Crippen molar-refractivity contribution in [2.24, 2.45) is 0 Å². The topological polar surface area (TPSA) is 154 Å². The van der Waals surface area contributed by atoms with Crippen molar-refractivity contribution in [1.29, 1.82) is 0 Å². The summed E-state index contributed by atoms with van der Waals surface area (Å²) in [4.78, 5) is 26.0. The van der Waals surface area contributed by atoms with E-state index in [2.05, 4.69) is 4.98 Å². The number of nitrogens with one attached hydrogen (secondary N) is 1. The zero-order valence-electron chi connectivity index (χ0n) is 11.3. The quantitative estimate of drug-likeness (QED) is 0.332. The maximum absolute atomic E-state index is 11.9. The minimum atomic E-state index is -1.21. The molecule has 120 valence electrons. The zero-order chi connectivity index (χ0) is 16.3. The number of carbonyl (C=O) groups is 1. The fourth-order valence-corrected chi connectivity index (χ4v) is 2.11. The molecule has 1 aromatic rings.